The Hall–Kier alpha value is -1.96. The molecular formula is C20H16NNaO4S. The summed E-state index contributed by atoms with van der Waals surface area (Å²) >= 11 is 0. The van der Waals surface area contributed by atoms with Crippen molar-refractivity contribution in [3.63, 3.8) is 0 Å². The maximum absolute atomic E-state index is 11.6. The number of para-hydroxylation sites is 1. The molecule has 1 heterocycles. The van der Waals surface area contributed by atoms with Crippen LogP contribution in [0.2, 0.25) is 0 Å². The normalized spacial score (nSPS) is 11.3. The van der Waals surface area contributed by atoms with E-state index in [1.807, 2.05) is 36.4 Å². The number of pyridine rings is 1. The number of rotatable bonds is 4. The second-order valence-electron chi connectivity index (χ2n) is 5.90. The molecule has 27 heavy (non-hydrogen) atoms. The topological polar surface area (TPSA) is 76.5 Å². The first-order chi connectivity index (χ1) is 12.5. The van der Waals surface area contributed by atoms with Gasteiger partial charge in [0.15, 0.2) is 0 Å². The summed E-state index contributed by atoms with van der Waals surface area (Å²) in [6.07, 6.45) is 0. The molecule has 0 radical (unpaired) electrons. The molecule has 0 spiro atoms. The summed E-state index contributed by atoms with van der Waals surface area (Å²) in [4.78, 5) is 4.41. The molecule has 4 aromatic rings. The summed E-state index contributed by atoms with van der Waals surface area (Å²) in [5.41, 5.74) is 1.66. The van der Waals surface area contributed by atoms with E-state index >= 15 is 0 Å². The van der Waals surface area contributed by atoms with Crippen LogP contribution in [0.3, 0.4) is 0 Å². The van der Waals surface area contributed by atoms with Crippen LogP contribution in [0, 0.1) is 0 Å². The molecule has 1 N–H and O–H groups in total. The Morgan fingerprint density at radius 2 is 1.67 bits per heavy atom. The minimum absolute atomic E-state index is 0. The molecule has 132 valence electrons. The summed E-state index contributed by atoms with van der Waals surface area (Å²) in [7, 11) is -4.31. The van der Waals surface area contributed by atoms with Crippen molar-refractivity contribution in [3.05, 3.63) is 78.5 Å². The Balaban J connectivity index is 0.00000140. The zero-order valence-electron chi connectivity index (χ0n) is 15.7. The number of benzene rings is 3. The smallest absolute Gasteiger partial charge is 1.00 e. The maximum atomic E-state index is 11.6. The third kappa shape index (κ3) is 4.31. The molecule has 0 saturated heterocycles. The van der Waals surface area contributed by atoms with E-state index in [0.717, 1.165) is 16.6 Å². The van der Waals surface area contributed by atoms with Crippen molar-refractivity contribution >= 4 is 31.8 Å². The molecule has 3 aromatic carbocycles. The monoisotopic (exact) mass is 389 g/mol. The Kier molecular flexibility index (Phi) is 5.83. The molecule has 0 atom stereocenters. The van der Waals surface area contributed by atoms with Gasteiger partial charge in [0.1, 0.15) is 17.3 Å². The number of hydrogen-bond donors (Lipinski definition) is 1. The van der Waals surface area contributed by atoms with Crippen LogP contribution >= 0.6 is 0 Å². The second-order valence-corrected chi connectivity index (χ2v) is 7.29. The van der Waals surface area contributed by atoms with Crippen molar-refractivity contribution in [2.24, 2.45) is 0 Å². The summed E-state index contributed by atoms with van der Waals surface area (Å²) in [6.45, 7) is 0.254. The SMILES string of the molecule is O=S(=O)(O)c1cccc2ccc(OCc3ccc4ccccc4n3)cc12.[H-].[Na+]. The Bertz CT molecular complexity index is 1230. The van der Waals surface area contributed by atoms with Gasteiger partial charge in [0, 0.05) is 10.8 Å². The van der Waals surface area contributed by atoms with E-state index in [1.54, 1.807) is 30.3 Å². The van der Waals surface area contributed by atoms with Crippen LogP contribution in [0.1, 0.15) is 7.12 Å². The predicted molar refractivity (Wildman–Crippen MR) is 101 cm³/mol. The summed E-state index contributed by atoms with van der Waals surface area (Å²) in [6, 6.07) is 21.6. The van der Waals surface area contributed by atoms with Gasteiger partial charge < -0.3 is 6.16 Å². The van der Waals surface area contributed by atoms with Gasteiger partial charge in [0.25, 0.3) is 10.1 Å². The van der Waals surface area contributed by atoms with Crippen LogP contribution in [0.4, 0.5) is 0 Å². The molecule has 0 fully saturated rings. The van der Waals surface area contributed by atoms with Crippen molar-refractivity contribution in [1.29, 1.82) is 0 Å². The van der Waals surface area contributed by atoms with Crippen LogP contribution in [0.25, 0.3) is 21.7 Å². The number of nitrogens with zero attached hydrogens (tertiary/aromatic N) is 1. The molecule has 7 heteroatoms. The molecular weight excluding hydrogens is 373 g/mol. The van der Waals surface area contributed by atoms with E-state index < -0.39 is 10.1 Å². The van der Waals surface area contributed by atoms with Gasteiger partial charge in [0.2, 0.25) is 0 Å². The van der Waals surface area contributed by atoms with Crippen LogP contribution in [-0.2, 0) is 16.7 Å². The molecule has 1 aromatic heterocycles. The molecule has 0 bridgehead atoms. The Labute approximate surface area is 180 Å². The maximum Gasteiger partial charge on any atom is 1.00 e. The van der Waals surface area contributed by atoms with Gasteiger partial charge in [-0.15, -0.1) is 0 Å². The fraction of sp³-hybridized carbons (Fsp3) is 0.0500. The van der Waals surface area contributed by atoms with Gasteiger partial charge >= 0.3 is 29.6 Å². The fourth-order valence-electron chi connectivity index (χ4n) is 2.88. The fourth-order valence-corrected chi connectivity index (χ4v) is 3.59. The van der Waals surface area contributed by atoms with Crippen molar-refractivity contribution in [1.82, 2.24) is 4.98 Å². The summed E-state index contributed by atoms with van der Waals surface area (Å²) in [5, 5.41) is 2.18. The molecule has 0 aliphatic heterocycles. The second kappa shape index (κ2) is 7.96. The number of hydrogen-bond acceptors (Lipinski definition) is 4. The molecule has 0 unspecified atom stereocenters. The van der Waals surface area contributed by atoms with Crippen LogP contribution in [0.5, 0.6) is 5.75 Å². The predicted octanol–water partition coefficient (Wildman–Crippen LogP) is 1.33. The Morgan fingerprint density at radius 1 is 0.926 bits per heavy atom. The first-order valence-electron chi connectivity index (χ1n) is 7.98. The van der Waals surface area contributed by atoms with E-state index in [4.69, 9.17) is 4.74 Å². The van der Waals surface area contributed by atoms with Gasteiger partial charge in [-0.1, -0.05) is 42.5 Å². The minimum atomic E-state index is -4.31. The molecule has 5 nitrogen and oxygen atoms in total. The average Bonchev–Trinajstić information content (AvgIpc) is 2.64. The summed E-state index contributed by atoms with van der Waals surface area (Å²) in [5.74, 6) is 0.503. The minimum Gasteiger partial charge on any atom is -1.00 e. The zero-order chi connectivity index (χ0) is 18.1. The molecule has 4 rings (SSSR count). The van der Waals surface area contributed by atoms with E-state index in [-0.39, 0.29) is 42.5 Å². The molecule has 0 amide bonds. The van der Waals surface area contributed by atoms with Gasteiger partial charge in [-0.05, 0) is 35.7 Å². The van der Waals surface area contributed by atoms with Crippen molar-refractivity contribution in [2.75, 3.05) is 0 Å². The van der Waals surface area contributed by atoms with Crippen molar-refractivity contribution < 1.29 is 48.7 Å². The van der Waals surface area contributed by atoms with Crippen LogP contribution in [0.15, 0.2) is 77.7 Å². The first kappa shape index (κ1) is 19.8. The van der Waals surface area contributed by atoms with E-state index in [2.05, 4.69) is 4.98 Å². The zero-order valence-corrected chi connectivity index (χ0v) is 17.5. The molecule has 0 saturated carbocycles. The quantitative estimate of drug-likeness (QED) is 0.421. The third-order valence-corrected chi connectivity index (χ3v) is 5.05. The Morgan fingerprint density at radius 3 is 2.48 bits per heavy atom. The van der Waals surface area contributed by atoms with E-state index in [9.17, 15) is 13.0 Å². The van der Waals surface area contributed by atoms with Crippen molar-refractivity contribution in [2.45, 2.75) is 11.5 Å². The largest absolute Gasteiger partial charge is 1.00 e. The van der Waals surface area contributed by atoms with Crippen LogP contribution in [-0.4, -0.2) is 18.0 Å². The van der Waals surface area contributed by atoms with Gasteiger partial charge in [-0.2, -0.15) is 8.42 Å². The first-order valence-corrected chi connectivity index (χ1v) is 9.42. The molecule has 0 aliphatic carbocycles. The standard InChI is InChI=1S/C20H15NO4S.Na.H/c22-26(23,24)20-7-3-5-14-9-11-17(12-18(14)20)25-13-16-10-8-15-4-1-2-6-19(15)21-16;;/h1-12H,13H2,(H,22,23,24);;/q;+1;-1. The third-order valence-electron chi connectivity index (χ3n) is 4.13. The average molecular weight is 389 g/mol. The van der Waals surface area contributed by atoms with E-state index in [0.29, 0.717) is 16.5 Å². The van der Waals surface area contributed by atoms with Gasteiger partial charge in [-0.3, -0.25) is 4.55 Å². The van der Waals surface area contributed by atoms with E-state index in [1.165, 1.54) is 6.07 Å². The van der Waals surface area contributed by atoms with Crippen LogP contribution < -0.4 is 34.3 Å². The number of fused-ring (bicyclic) bond motifs is 2. The number of aromatic nitrogens is 1. The number of ether oxygens (including phenoxy) is 1. The van der Waals surface area contributed by atoms with Gasteiger partial charge in [0.05, 0.1) is 11.2 Å². The van der Waals surface area contributed by atoms with Gasteiger partial charge in [-0.25, -0.2) is 4.98 Å². The van der Waals surface area contributed by atoms with Crippen molar-refractivity contribution in [3.8, 4) is 5.75 Å². The summed E-state index contributed by atoms with van der Waals surface area (Å²) < 4.78 is 38.3. The molecule has 0 aliphatic rings.